The molecule has 2 N–H and O–H groups in total. The van der Waals surface area contributed by atoms with E-state index in [-0.39, 0.29) is 5.82 Å². The van der Waals surface area contributed by atoms with Crippen LogP contribution < -0.4 is 10.6 Å². The summed E-state index contributed by atoms with van der Waals surface area (Å²) in [6.45, 7) is 0.509. The van der Waals surface area contributed by atoms with Crippen molar-refractivity contribution in [3.8, 4) is 11.3 Å². The zero-order valence-electron chi connectivity index (χ0n) is 15.0. The number of rotatable bonds is 6. The molecule has 2 aromatic heterocycles. The zero-order chi connectivity index (χ0) is 19.2. The Balaban J connectivity index is 1.63. The Hall–Kier alpha value is -3.80. The first-order valence-corrected chi connectivity index (χ1v) is 8.87. The molecule has 28 heavy (non-hydrogen) atoms. The van der Waals surface area contributed by atoms with Gasteiger partial charge in [-0.15, -0.1) is 0 Å². The van der Waals surface area contributed by atoms with Crippen LogP contribution in [-0.4, -0.2) is 15.0 Å². The summed E-state index contributed by atoms with van der Waals surface area (Å²) in [6.07, 6.45) is 1.75. The molecule has 0 amide bonds. The largest absolute Gasteiger partial charge is 0.348 e. The molecule has 0 aliphatic heterocycles. The summed E-state index contributed by atoms with van der Waals surface area (Å²) in [5.74, 6) is 0.816. The zero-order valence-corrected chi connectivity index (χ0v) is 15.0. The fraction of sp³-hybridized carbons (Fsp3) is 0.0455. The second-order valence-electron chi connectivity index (χ2n) is 6.13. The van der Waals surface area contributed by atoms with Crippen LogP contribution in [0.4, 0.5) is 21.8 Å². The van der Waals surface area contributed by atoms with Gasteiger partial charge in [0.2, 0.25) is 5.95 Å². The lowest BCUT2D eigenvalue weighted by atomic mass is 10.1. The topological polar surface area (TPSA) is 62.7 Å². The van der Waals surface area contributed by atoms with Crippen molar-refractivity contribution in [3.05, 3.63) is 96.6 Å². The summed E-state index contributed by atoms with van der Waals surface area (Å²) in [4.78, 5) is 13.5. The average molecular weight is 371 g/mol. The van der Waals surface area contributed by atoms with E-state index in [9.17, 15) is 4.39 Å². The molecule has 6 heteroatoms. The van der Waals surface area contributed by atoms with Gasteiger partial charge in [0.15, 0.2) is 0 Å². The van der Waals surface area contributed by atoms with Crippen molar-refractivity contribution in [1.29, 1.82) is 0 Å². The first kappa shape index (κ1) is 17.6. The first-order valence-electron chi connectivity index (χ1n) is 8.87. The van der Waals surface area contributed by atoms with E-state index in [4.69, 9.17) is 0 Å². The Labute approximate surface area is 162 Å². The Kier molecular flexibility index (Phi) is 5.20. The molecule has 0 aliphatic rings. The van der Waals surface area contributed by atoms with Gasteiger partial charge in [0.1, 0.15) is 11.6 Å². The van der Waals surface area contributed by atoms with Crippen molar-refractivity contribution in [2.45, 2.75) is 6.54 Å². The van der Waals surface area contributed by atoms with Crippen LogP contribution in [0.25, 0.3) is 11.3 Å². The van der Waals surface area contributed by atoms with E-state index < -0.39 is 0 Å². The van der Waals surface area contributed by atoms with Crippen molar-refractivity contribution in [3.63, 3.8) is 0 Å². The molecule has 5 nitrogen and oxygen atoms in total. The fourth-order valence-corrected chi connectivity index (χ4v) is 2.70. The van der Waals surface area contributed by atoms with Crippen LogP contribution in [0.15, 0.2) is 85.1 Å². The van der Waals surface area contributed by atoms with Crippen LogP contribution in [0.1, 0.15) is 5.69 Å². The molecule has 0 radical (unpaired) electrons. The van der Waals surface area contributed by atoms with Crippen molar-refractivity contribution in [1.82, 2.24) is 15.0 Å². The number of aromatic nitrogens is 3. The predicted molar refractivity (Wildman–Crippen MR) is 109 cm³/mol. The van der Waals surface area contributed by atoms with Gasteiger partial charge >= 0.3 is 0 Å². The second kappa shape index (κ2) is 8.26. The predicted octanol–water partition coefficient (Wildman–Crippen LogP) is 5.03. The highest BCUT2D eigenvalue weighted by Crippen LogP contribution is 2.24. The Morgan fingerprint density at radius 1 is 0.821 bits per heavy atom. The van der Waals surface area contributed by atoms with Crippen LogP contribution in [0.2, 0.25) is 0 Å². The fourth-order valence-electron chi connectivity index (χ4n) is 2.70. The Morgan fingerprint density at radius 2 is 1.61 bits per heavy atom. The minimum absolute atomic E-state index is 0.282. The molecule has 0 fully saturated rings. The molecule has 4 aromatic rings. The molecule has 2 aromatic carbocycles. The maximum atomic E-state index is 13.2. The van der Waals surface area contributed by atoms with Crippen LogP contribution in [-0.2, 0) is 6.54 Å². The first-order chi connectivity index (χ1) is 13.8. The van der Waals surface area contributed by atoms with Gasteiger partial charge in [-0.3, -0.25) is 4.98 Å². The molecule has 4 rings (SSSR count). The monoisotopic (exact) mass is 371 g/mol. The number of nitrogens with zero attached hydrogens (tertiary/aromatic N) is 3. The van der Waals surface area contributed by atoms with Crippen LogP contribution >= 0.6 is 0 Å². The summed E-state index contributed by atoms with van der Waals surface area (Å²) in [6, 6.07) is 23.6. The molecule has 0 saturated heterocycles. The third kappa shape index (κ3) is 4.48. The normalized spacial score (nSPS) is 10.5. The lowest BCUT2D eigenvalue weighted by Crippen LogP contribution is -2.07. The Morgan fingerprint density at radius 3 is 2.36 bits per heavy atom. The van der Waals surface area contributed by atoms with Gasteiger partial charge in [-0.25, -0.2) is 9.37 Å². The number of benzene rings is 2. The van der Waals surface area contributed by atoms with Crippen molar-refractivity contribution in [2.75, 3.05) is 10.6 Å². The molecular formula is C22H18FN5. The lowest BCUT2D eigenvalue weighted by molar-refractivity contribution is 0.628. The minimum atomic E-state index is -0.282. The Bertz CT molecular complexity index is 1040. The van der Waals surface area contributed by atoms with Gasteiger partial charge in [0.05, 0.1) is 17.9 Å². The summed E-state index contributed by atoms with van der Waals surface area (Å²) >= 11 is 0. The molecule has 0 aliphatic carbocycles. The lowest BCUT2D eigenvalue weighted by Gasteiger charge is -2.11. The maximum absolute atomic E-state index is 13.2. The molecular weight excluding hydrogens is 353 g/mol. The number of nitrogens with one attached hydrogen (secondary N) is 2. The van der Waals surface area contributed by atoms with E-state index in [2.05, 4.69) is 25.6 Å². The standard InChI is InChI=1S/C22H18FN5/c23-17-9-11-18(12-10-17)26-21-14-20(16-6-2-1-3-7-16)27-22(28-21)25-15-19-8-4-5-13-24-19/h1-14H,15H2,(H2,25,26,27,28). The minimum Gasteiger partial charge on any atom is -0.348 e. The highest BCUT2D eigenvalue weighted by Gasteiger charge is 2.08. The van der Waals surface area contributed by atoms with Crippen molar-refractivity contribution < 1.29 is 4.39 Å². The number of pyridine rings is 1. The second-order valence-corrected chi connectivity index (χ2v) is 6.13. The van der Waals surface area contributed by atoms with Gasteiger partial charge in [-0.1, -0.05) is 36.4 Å². The van der Waals surface area contributed by atoms with Gasteiger partial charge in [-0.05, 0) is 36.4 Å². The quantitative estimate of drug-likeness (QED) is 0.497. The van der Waals surface area contributed by atoms with E-state index >= 15 is 0 Å². The molecule has 0 saturated carbocycles. The highest BCUT2D eigenvalue weighted by atomic mass is 19.1. The van der Waals surface area contributed by atoms with E-state index in [1.807, 2.05) is 54.6 Å². The molecule has 0 atom stereocenters. The van der Waals surface area contributed by atoms with Crippen LogP contribution in [0.3, 0.4) is 0 Å². The third-order valence-corrected chi connectivity index (χ3v) is 4.07. The highest BCUT2D eigenvalue weighted by molar-refractivity contribution is 5.67. The van der Waals surface area contributed by atoms with Crippen molar-refractivity contribution >= 4 is 17.5 Å². The summed E-state index contributed by atoms with van der Waals surface area (Å²) in [5, 5.41) is 6.43. The summed E-state index contributed by atoms with van der Waals surface area (Å²) in [5.41, 5.74) is 3.40. The SMILES string of the molecule is Fc1ccc(Nc2cc(-c3ccccc3)nc(NCc3ccccn3)n2)cc1. The number of halogens is 1. The molecule has 138 valence electrons. The molecule has 2 heterocycles. The number of hydrogen-bond acceptors (Lipinski definition) is 5. The summed E-state index contributed by atoms with van der Waals surface area (Å²) in [7, 11) is 0. The maximum Gasteiger partial charge on any atom is 0.225 e. The molecule has 0 spiro atoms. The average Bonchev–Trinajstić information content (AvgIpc) is 2.75. The van der Waals surface area contributed by atoms with Gasteiger partial charge in [0, 0.05) is 23.5 Å². The molecule has 0 unspecified atom stereocenters. The smallest absolute Gasteiger partial charge is 0.225 e. The van der Waals surface area contributed by atoms with Gasteiger partial charge < -0.3 is 10.6 Å². The van der Waals surface area contributed by atoms with Crippen LogP contribution in [0, 0.1) is 5.82 Å². The number of hydrogen-bond donors (Lipinski definition) is 2. The van der Waals surface area contributed by atoms with E-state index in [1.165, 1.54) is 12.1 Å². The van der Waals surface area contributed by atoms with Gasteiger partial charge in [0.25, 0.3) is 0 Å². The number of anilines is 3. The van der Waals surface area contributed by atoms with Crippen molar-refractivity contribution in [2.24, 2.45) is 0 Å². The van der Waals surface area contributed by atoms with E-state index in [0.29, 0.717) is 18.3 Å². The van der Waals surface area contributed by atoms with E-state index in [1.54, 1.807) is 18.3 Å². The third-order valence-electron chi connectivity index (χ3n) is 4.07. The van der Waals surface area contributed by atoms with E-state index in [0.717, 1.165) is 22.6 Å². The van der Waals surface area contributed by atoms with Crippen LogP contribution in [0.5, 0.6) is 0 Å². The van der Waals surface area contributed by atoms with Gasteiger partial charge in [-0.2, -0.15) is 4.98 Å². The molecule has 0 bridgehead atoms. The summed E-state index contributed by atoms with van der Waals surface area (Å²) < 4.78 is 13.2.